The summed E-state index contributed by atoms with van der Waals surface area (Å²) in [5.41, 5.74) is 0.612. The van der Waals surface area contributed by atoms with Gasteiger partial charge in [0.2, 0.25) is 0 Å². The number of rotatable bonds is 10. The van der Waals surface area contributed by atoms with Gasteiger partial charge in [-0.15, -0.1) is 0 Å². The second kappa shape index (κ2) is 11.2. The zero-order chi connectivity index (χ0) is 20.6. The van der Waals surface area contributed by atoms with E-state index in [1.165, 1.54) is 12.1 Å². The average Bonchev–Trinajstić information content (AvgIpc) is 2.66. The summed E-state index contributed by atoms with van der Waals surface area (Å²) in [6.45, 7) is 6.94. The van der Waals surface area contributed by atoms with Crippen LogP contribution >= 0.6 is 35.8 Å². The second-order valence-electron chi connectivity index (χ2n) is 5.37. The first-order valence-electron chi connectivity index (χ1n) is 8.16. The van der Waals surface area contributed by atoms with Crippen LogP contribution in [0.3, 0.4) is 0 Å². The van der Waals surface area contributed by atoms with E-state index in [1.807, 2.05) is 0 Å². The predicted molar refractivity (Wildman–Crippen MR) is 108 cm³/mol. The lowest BCUT2D eigenvalue weighted by atomic mass is 10.0. The standard InChI is InChI=1S/C18H21Cl2NO5S/c1-4-10(3)17(23)11-6-7-13(16(20)15(11)19)26-8-14(22)21-12(9-27)18(24)25-5-2/h6-7,12,27H,3-5,8-9H2,1-2H3,(H,21,22). The Balaban J connectivity index is 2.79. The Morgan fingerprint density at radius 2 is 1.89 bits per heavy atom. The number of esters is 1. The molecule has 0 saturated heterocycles. The fourth-order valence-electron chi connectivity index (χ4n) is 1.97. The molecule has 1 amide bonds. The highest BCUT2D eigenvalue weighted by molar-refractivity contribution is 7.80. The van der Waals surface area contributed by atoms with Crippen LogP contribution in [0.4, 0.5) is 0 Å². The first-order valence-corrected chi connectivity index (χ1v) is 9.55. The number of carbonyl (C=O) groups is 3. The number of carbonyl (C=O) groups excluding carboxylic acids is 3. The van der Waals surface area contributed by atoms with Gasteiger partial charge in [0.25, 0.3) is 5.91 Å². The van der Waals surface area contributed by atoms with Gasteiger partial charge in [0.05, 0.1) is 11.6 Å². The van der Waals surface area contributed by atoms with Crippen molar-refractivity contribution < 1.29 is 23.9 Å². The molecule has 0 fully saturated rings. The Morgan fingerprint density at radius 1 is 1.22 bits per heavy atom. The van der Waals surface area contributed by atoms with Crippen LogP contribution in [0.15, 0.2) is 24.3 Å². The molecule has 0 aliphatic heterocycles. The molecule has 1 unspecified atom stereocenters. The molecule has 0 aromatic heterocycles. The van der Waals surface area contributed by atoms with Gasteiger partial charge in [-0.2, -0.15) is 12.6 Å². The van der Waals surface area contributed by atoms with E-state index in [4.69, 9.17) is 32.7 Å². The Kier molecular flexibility index (Phi) is 9.69. The third-order valence-electron chi connectivity index (χ3n) is 3.49. The van der Waals surface area contributed by atoms with E-state index in [0.29, 0.717) is 12.0 Å². The van der Waals surface area contributed by atoms with Crippen LogP contribution in [0.25, 0.3) is 0 Å². The molecule has 1 aromatic rings. The first kappa shape index (κ1) is 23.3. The molecule has 6 nitrogen and oxygen atoms in total. The van der Waals surface area contributed by atoms with E-state index in [9.17, 15) is 14.4 Å². The molecule has 1 aromatic carbocycles. The van der Waals surface area contributed by atoms with Gasteiger partial charge in [0, 0.05) is 11.3 Å². The molecule has 0 saturated carbocycles. The number of amides is 1. The quantitative estimate of drug-likeness (QED) is 0.255. The molecule has 1 rings (SSSR count). The second-order valence-corrected chi connectivity index (χ2v) is 6.49. The van der Waals surface area contributed by atoms with E-state index >= 15 is 0 Å². The van der Waals surface area contributed by atoms with Crippen LogP contribution in [0, 0.1) is 0 Å². The number of ketones is 1. The third-order valence-corrected chi connectivity index (χ3v) is 4.72. The molecular formula is C18H21Cl2NO5S. The van der Waals surface area contributed by atoms with Gasteiger partial charge in [0.1, 0.15) is 16.8 Å². The van der Waals surface area contributed by atoms with Gasteiger partial charge >= 0.3 is 5.97 Å². The summed E-state index contributed by atoms with van der Waals surface area (Å²) >= 11 is 16.3. The van der Waals surface area contributed by atoms with E-state index in [0.717, 1.165) is 0 Å². The van der Waals surface area contributed by atoms with Gasteiger partial charge < -0.3 is 14.8 Å². The average molecular weight is 434 g/mol. The van der Waals surface area contributed by atoms with Crippen molar-refractivity contribution in [3.05, 3.63) is 39.9 Å². The molecule has 1 atom stereocenters. The number of hydrogen-bond donors (Lipinski definition) is 2. The Morgan fingerprint density at radius 3 is 2.44 bits per heavy atom. The Labute approximate surface area is 173 Å². The van der Waals surface area contributed by atoms with Crippen molar-refractivity contribution in [3.63, 3.8) is 0 Å². The van der Waals surface area contributed by atoms with Gasteiger partial charge in [-0.05, 0) is 31.1 Å². The van der Waals surface area contributed by atoms with E-state index in [2.05, 4.69) is 24.5 Å². The summed E-state index contributed by atoms with van der Waals surface area (Å²) in [4.78, 5) is 35.8. The van der Waals surface area contributed by atoms with Crippen molar-refractivity contribution in [1.82, 2.24) is 5.32 Å². The molecule has 0 aliphatic carbocycles. The number of benzene rings is 1. The van der Waals surface area contributed by atoms with Crippen molar-refractivity contribution in [2.75, 3.05) is 19.0 Å². The highest BCUT2D eigenvalue weighted by atomic mass is 35.5. The van der Waals surface area contributed by atoms with Crippen LogP contribution in [0.5, 0.6) is 5.75 Å². The SMILES string of the molecule is C=C(CC)C(=O)c1ccc(OCC(=O)NC(CS)C(=O)OCC)c(Cl)c1Cl. The maximum atomic E-state index is 12.2. The largest absolute Gasteiger partial charge is 0.482 e. The lowest BCUT2D eigenvalue weighted by Crippen LogP contribution is -2.45. The highest BCUT2D eigenvalue weighted by Crippen LogP contribution is 2.35. The van der Waals surface area contributed by atoms with Gasteiger partial charge in [-0.25, -0.2) is 4.79 Å². The maximum Gasteiger partial charge on any atom is 0.329 e. The minimum Gasteiger partial charge on any atom is -0.482 e. The molecule has 9 heteroatoms. The minimum absolute atomic E-state index is 0.00959. The lowest BCUT2D eigenvalue weighted by molar-refractivity contribution is -0.146. The molecule has 1 N–H and O–H groups in total. The fraction of sp³-hybridized carbons (Fsp3) is 0.389. The molecular weight excluding hydrogens is 413 g/mol. The molecule has 0 aliphatic rings. The summed E-state index contributed by atoms with van der Waals surface area (Å²) in [5.74, 6) is -1.24. The van der Waals surface area contributed by atoms with E-state index < -0.39 is 24.5 Å². The summed E-state index contributed by atoms with van der Waals surface area (Å²) in [5, 5.41) is 2.48. The van der Waals surface area contributed by atoms with Crippen molar-refractivity contribution in [1.29, 1.82) is 0 Å². The van der Waals surface area contributed by atoms with E-state index in [1.54, 1.807) is 13.8 Å². The zero-order valence-corrected chi connectivity index (χ0v) is 17.4. The fourth-order valence-corrected chi connectivity index (χ4v) is 2.67. The van der Waals surface area contributed by atoms with Crippen molar-refractivity contribution >= 4 is 53.5 Å². The monoisotopic (exact) mass is 433 g/mol. The molecule has 27 heavy (non-hydrogen) atoms. The summed E-state index contributed by atoms with van der Waals surface area (Å²) in [7, 11) is 0. The van der Waals surface area contributed by atoms with Crippen molar-refractivity contribution in [3.8, 4) is 5.75 Å². The Bertz CT molecular complexity index is 739. The first-order chi connectivity index (χ1) is 12.8. The normalized spacial score (nSPS) is 11.4. The topological polar surface area (TPSA) is 81.7 Å². The molecule has 0 bridgehead atoms. The highest BCUT2D eigenvalue weighted by Gasteiger charge is 2.22. The molecule has 148 valence electrons. The molecule has 0 radical (unpaired) electrons. The maximum absolute atomic E-state index is 12.2. The number of nitrogens with one attached hydrogen (secondary N) is 1. The van der Waals surface area contributed by atoms with Crippen LogP contribution in [0.1, 0.15) is 30.6 Å². The number of hydrogen-bond acceptors (Lipinski definition) is 6. The van der Waals surface area contributed by atoms with Crippen LogP contribution in [0.2, 0.25) is 10.0 Å². The van der Waals surface area contributed by atoms with Crippen LogP contribution < -0.4 is 10.1 Å². The summed E-state index contributed by atoms with van der Waals surface area (Å²) in [6.07, 6.45) is 0.484. The van der Waals surface area contributed by atoms with E-state index in [-0.39, 0.29) is 39.5 Å². The summed E-state index contributed by atoms with van der Waals surface area (Å²) < 4.78 is 10.2. The minimum atomic E-state index is -0.886. The molecule has 0 heterocycles. The predicted octanol–water partition coefficient (Wildman–Crippen LogP) is 3.50. The van der Waals surface area contributed by atoms with Crippen LogP contribution in [-0.2, 0) is 14.3 Å². The zero-order valence-electron chi connectivity index (χ0n) is 15.0. The molecule has 0 spiro atoms. The number of thiol groups is 1. The number of ether oxygens (including phenoxy) is 2. The lowest BCUT2D eigenvalue weighted by Gasteiger charge is -2.16. The van der Waals surface area contributed by atoms with Gasteiger partial charge in [-0.3, -0.25) is 9.59 Å². The number of Topliss-reactive ketones (excluding diaryl/α,β-unsaturated/α-hetero) is 1. The number of allylic oxidation sites excluding steroid dienone is 1. The van der Waals surface area contributed by atoms with Gasteiger partial charge in [0.15, 0.2) is 12.4 Å². The number of halogens is 2. The van der Waals surface area contributed by atoms with Crippen LogP contribution in [-0.4, -0.2) is 42.7 Å². The summed E-state index contributed by atoms with van der Waals surface area (Å²) in [6, 6.07) is 2.02. The smallest absolute Gasteiger partial charge is 0.329 e. The van der Waals surface area contributed by atoms with Crippen molar-refractivity contribution in [2.45, 2.75) is 26.3 Å². The van der Waals surface area contributed by atoms with Gasteiger partial charge in [-0.1, -0.05) is 36.7 Å². The van der Waals surface area contributed by atoms with Crippen molar-refractivity contribution in [2.24, 2.45) is 0 Å². The Hall–Kier alpha value is -1.70. The third kappa shape index (κ3) is 6.45.